The molecular weight excluding hydrogens is 337 g/mol. The molecule has 0 aromatic carbocycles. The Morgan fingerprint density at radius 1 is 1.09 bits per heavy atom. The molecule has 6 unspecified atom stereocenters. The van der Waals surface area contributed by atoms with Crippen LogP contribution in [0.2, 0.25) is 0 Å². The Kier molecular flexibility index (Phi) is 6.07. The van der Waals surface area contributed by atoms with Crippen LogP contribution in [-0.2, 0) is 4.79 Å². The van der Waals surface area contributed by atoms with Crippen LogP contribution in [0.3, 0.4) is 0 Å². The largest absolute Gasteiger partial charge is 0.393 e. The van der Waals surface area contributed by atoms with Gasteiger partial charge in [0.1, 0.15) is 0 Å². The van der Waals surface area contributed by atoms with Crippen LogP contribution in [0.25, 0.3) is 0 Å². The number of piperazine rings is 1. The van der Waals surface area contributed by atoms with Crippen LogP contribution < -0.4 is 10.6 Å². The minimum atomic E-state index is -0.398. The van der Waals surface area contributed by atoms with Crippen LogP contribution in [-0.4, -0.2) is 71.5 Å². The number of carbonyl (C=O) groups excluding carboxylic acids is 1. The Balaban J connectivity index is 1.64. The number of nitrogens with zero attached hydrogens (tertiary/aromatic N) is 1. The summed E-state index contributed by atoms with van der Waals surface area (Å²) in [5, 5.41) is 16.8. The molecule has 0 radical (unpaired) electrons. The molecule has 2 saturated heterocycles. The van der Waals surface area contributed by atoms with Crippen molar-refractivity contribution in [1.82, 2.24) is 15.5 Å². The van der Waals surface area contributed by atoms with Gasteiger partial charge < -0.3 is 20.6 Å². The van der Waals surface area contributed by atoms with E-state index in [2.05, 4.69) is 10.6 Å². The Morgan fingerprint density at radius 2 is 1.83 bits per heavy atom. The number of nitrogens with one attached hydrogen (secondary N) is 2. The monoisotopic (exact) mass is 363 g/mol. The summed E-state index contributed by atoms with van der Waals surface area (Å²) in [6.45, 7) is 4.07. The Labute approximate surface area is 148 Å². The molecule has 5 nitrogen and oxygen atoms in total. The third-order valence-electron chi connectivity index (χ3n) is 5.61. The molecule has 0 aromatic heterocycles. The third-order valence-corrected chi connectivity index (χ3v) is 6.82. The average Bonchev–Trinajstić information content (AvgIpc) is 2.59. The van der Waals surface area contributed by atoms with Crippen molar-refractivity contribution in [3.8, 4) is 0 Å². The molecule has 23 heavy (non-hydrogen) atoms. The molecule has 6 atom stereocenters. The summed E-state index contributed by atoms with van der Waals surface area (Å²) in [7, 11) is 0. The molecule has 132 valence electrons. The summed E-state index contributed by atoms with van der Waals surface area (Å²) in [5.74, 6) is 0.440. The van der Waals surface area contributed by atoms with E-state index in [0.29, 0.717) is 6.42 Å². The summed E-state index contributed by atoms with van der Waals surface area (Å²) >= 11 is 12.8. The zero-order valence-corrected chi connectivity index (χ0v) is 14.9. The van der Waals surface area contributed by atoms with Crippen LogP contribution in [0, 0.1) is 11.8 Å². The van der Waals surface area contributed by atoms with E-state index < -0.39 is 6.10 Å². The predicted molar refractivity (Wildman–Crippen MR) is 92.0 cm³/mol. The van der Waals surface area contributed by atoms with Crippen molar-refractivity contribution in [1.29, 1.82) is 0 Å². The van der Waals surface area contributed by atoms with Gasteiger partial charge >= 0.3 is 0 Å². The quantitative estimate of drug-likeness (QED) is 0.634. The Morgan fingerprint density at radius 3 is 2.57 bits per heavy atom. The lowest BCUT2D eigenvalue weighted by atomic mass is 9.72. The lowest BCUT2D eigenvalue weighted by Gasteiger charge is -2.43. The summed E-state index contributed by atoms with van der Waals surface area (Å²) in [4.78, 5) is 14.7. The highest BCUT2D eigenvalue weighted by molar-refractivity contribution is 6.30. The number of hydrogen-bond donors (Lipinski definition) is 3. The number of aliphatic hydroxyl groups excluding tert-OH is 1. The lowest BCUT2D eigenvalue weighted by Crippen LogP contribution is -2.56. The predicted octanol–water partition coefficient (Wildman–Crippen LogP) is 0.772. The highest BCUT2D eigenvalue weighted by Gasteiger charge is 2.44. The number of amides is 1. The second-order valence-corrected chi connectivity index (χ2v) is 8.11. The van der Waals surface area contributed by atoms with Gasteiger partial charge in [0.15, 0.2) is 0 Å². The zero-order valence-electron chi connectivity index (χ0n) is 13.4. The van der Waals surface area contributed by atoms with E-state index in [1.807, 2.05) is 4.90 Å². The number of piperidine rings is 1. The fourth-order valence-corrected chi connectivity index (χ4v) is 5.09. The van der Waals surface area contributed by atoms with E-state index in [4.69, 9.17) is 23.2 Å². The molecule has 1 aliphatic carbocycles. The Hall–Kier alpha value is -0.0700. The number of alkyl halides is 2. The number of halogens is 2. The normalized spacial score (nSPS) is 42.5. The first-order valence-electron chi connectivity index (χ1n) is 8.77. The van der Waals surface area contributed by atoms with Crippen LogP contribution in [0.4, 0.5) is 0 Å². The van der Waals surface area contributed by atoms with Crippen molar-refractivity contribution < 1.29 is 9.90 Å². The standard InChI is InChI=1S/C16H27Cl2N3O2/c17-11-1-2-13(22)14(15(11)18)10-3-4-20-12(9-10)16(23)21-7-5-19-6-8-21/h10-15,19-20,22H,1-9H2. The molecule has 3 rings (SSSR count). The van der Waals surface area contributed by atoms with Gasteiger partial charge in [-0.05, 0) is 38.1 Å². The van der Waals surface area contributed by atoms with Crippen LogP contribution in [0.1, 0.15) is 25.7 Å². The number of rotatable bonds is 2. The average molecular weight is 364 g/mol. The second kappa shape index (κ2) is 7.87. The van der Waals surface area contributed by atoms with Crippen molar-refractivity contribution in [2.24, 2.45) is 11.8 Å². The maximum Gasteiger partial charge on any atom is 0.239 e. The number of aliphatic hydroxyl groups is 1. The molecule has 7 heteroatoms. The van der Waals surface area contributed by atoms with Crippen LogP contribution in [0.5, 0.6) is 0 Å². The minimum absolute atomic E-state index is 0.00617. The maximum atomic E-state index is 12.7. The third kappa shape index (κ3) is 3.96. The highest BCUT2D eigenvalue weighted by atomic mass is 35.5. The molecule has 3 N–H and O–H groups in total. The van der Waals surface area contributed by atoms with Crippen molar-refractivity contribution in [2.45, 2.75) is 48.6 Å². The van der Waals surface area contributed by atoms with Crippen LogP contribution in [0.15, 0.2) is 0 Å². The van der Waals surface area contributed by atoms with E-state index in [9.17, 15) is 9.90 Å². The molecule has 0 aromatic rings. The Bertz CT molecular complexity index is 420. The highest BCUT2D eigenvalue weighted by Crippen LogP contribution is 2.40. The van der Waals surface area contributed by atoms with Gasteiger partial charge in [-0.25, -0.2) is 0 Å². The van der Waals surface area contributed by atoms with Gasteiger partial charge in [0.2, 0.25) is 5.91 Å². The van der Waals surface area contributed by atoms with Crippen LogP contribution >= 0.6 is 23.2 Å². The van der Waals surface area contributed by atoms with Gasteiger partial charge in [-0.1, -0.05) is 0 Å². The lowest BCUT2D eigenvalue weighted by molar-refractivity contribution is -0.135. The van der Waals surface area contributed by atoms with E-state index in [1.54, 1.807) is 0 Å². The topological polar surface area (TPSA) is 64.6 Å². The second-order valence-electron chi connectivity index (χ2n) is 7.05. The van der Waals surface area contributed by atoms with Gasteiger partial charge in [-0.3, -0.25) is 4.79 Å². The maximum absolute atomic E-state index is 12.7. The first-order chi connectivity index (χ1) is 11.1. The number of carbonyl (C=O) groups is 1. The van der Waals surface area contributed by atoms with Crippen molar-refractivity contribution in [2.75, 3.05) is 32.7 Å². The zero-order chi connectivity index (χ0) is 16.4. The summed E-state index contributed by atoms with van der Waals surface area (Å²) in [6.07, 6.45) is 2.77. The SMILES string of the molecule is O=C(C1CC(C2C(O)CCC(Cl)C2Cl)CCN1)N1CCNCC1. The van der Waals surface area contributed by atoms with E-state index >= 15 is 0 Å². The molecule has 1 amide bonds. The molecule has 0 bridgehead atoms. The molecule has 2 heterocycles. The van der Waals surface area contributed by atoms with Gasteiger partial charge in [0.25, 0.3) is 0 Å². The van der Waals surface area contributed by atoms with Crippen molar-refractivity contribution >= 4 is 29.1 Å². The fourth-order valence-electron chi connectivity index (χ4n) is 4.30. The first kappa shape index (κ1) is 17.7. The molecular formula is C16H27Cl2N3O2. The van der Waals surface area contributed by atoms with E-state index in [0.717, 1.165) is 52.0 Å². The summed E-state index contributed by atoms with van der Waals surface area (Å²) < 4.78 is 0. The van der Waals surface area contributed by atoms with Crippen molar-refractivity contribution in [3.63, 3.8) is 0 Å². The molecule has 3 aliphatic rings. The van der Waals surface area contributed by atoms with Gasteiger partial charge in [0, 0.05) is 32.1 Å². The van der Waals surface area contributed by atoms with E-state index in [1.165, 1.54) is 0 Å². The smallest absolute Gasteiger partial charge is 0.239 e. The molecule has 1 saturated carbocycles. The van der Waals surface area contributed by atoms with Crippen molar-refractivity contribution in [3.05, 3.63) is 0 Å². The number of hydrogen-bond acceptors (Lipinski definition) is 4. The fraction of sp³-hybridized carbons (Fsp3) is 0.938. The van der Waals surface area contributed by atoms with Gasteiger partial charge in [0.05, 0.1) is 22.9 Å². The molecule has 2 aliphatic heterocycles. The molecule has 3 fully saturated rings. The minimum Gasteiger partial charge on any atom is -0.393 e. The van der Waals surface area contributed by atoms with E-state index in [-0.39, 0.29) is 34.5 Å². The van der Waals surface area contributed by atoms with Gasteiger partial charge in [-0.15, -0.1) is 23.2 Å². The summed E-state index contributed by atoms with van der Waals surface area (Å²) in [5.41, 5.74) is 0. The van der Waals surface area contributed by atoms with Gasteiger partial charge in [-0.2, -0.15) is 0 Å². The summed E-state index contributed by atoms with van der Waals surface area (Å²) in [6, 6.07) is -0.154. The first-order valence-corrected chi connectivity index (χ1v) is 9.64. The molecule has 0 spiro atoms.